The van der Waals surface area contributed by atoms with Crippen molar-refractivity contribution in [3.63, 3.8) is 0 Å². The molecule has 6 nitrogen and oxygen atoms in total. The molecule has 2 aromatic heterocycles. The molecule has 28 heavy (non-hydrogen) atoms. The summed E-state index contributed by atoms with van der Waals surface area (Å²) in [5.74, 6) is 2.26. The molecule has 6 heteroatoms. The number of likely N-dealkylation sites (tertiary alicyclic amines) is 1. The van der Waals surface area contributed by atoms with Crippen LogP contribution in [-0.2, 0) is 6.54 Å². The second-order valence-electron chi connectivity index (χ2n) is 7.66. The molecule has 1 saturated heterocycles. The standard InChI is InChI=1S/C22H28N6/c1-28-10-6-16(7-11-28)14-27-21-12-17(4-8-24-21)15-26-19-2-3-20-18(13-19)5-9-25-22(20)23/h2-5,8-9,12-13,16,26H,6-7,10-11,14-15H2,1H3,(H2,23,25)(H,24,27). The van der Waals surface area contributed by atoms with E-state index in [-0.39, 0.29) is 0 Å². The highest BCUT2D eigenvalue weighted by atomic mass is 15.1. The van der Waals surface area contributed by atoms with Crippen LogP contribution in [0.1, 0.15) is 18.4 Å². The van der Waals surface area contributed by atoms with Gasteiger partial charge in [-0.2, -0.15) is 0 Å². The minimum Gasteiger partial charge on any atom is -0.383 e. The van der Waals surface area contributed by atoms with Crippen molar-refractivity contribution in [3.05, 3.63) is 54.4 Å². The summed E-state index contributed by atoms with van der Waals surface area (Å²) in [6.45, 7) is 4.13. The van der Waals surface area contributed by atoms with Crippen LogP contribution in [0.3, 0.4) is 0 Å². The van der Waals surface area contributed by atoms with Gasteiger partial charge in [0, 0.05) is 36.6 Å². The van der Waals surface area contributed by atoms with Gasteiger partial charge in [0.25, 0.3) is 0 Å². The van der Waals surface area contributed by atoms with Gasteiger partial charge in [-0.15, -0.1) is 0 Å². The highest BCUT2D eigenvalue weighted by Gasteiger charge is 2.16. The molecule has 4 rings (SSSR count). The number of pyridine rings is 2. The number of nitrogens with one attached hydrogen (secondary N) is 2. The maximum atomic E-state index is 5.93. The molecule has 0 amide bonds. The van der Waals surface area contributed by atoms with Crippen LogP contribution < -0.4 is 16.4 Å². The summed E-state index contributed by atoms with van der Waals surface area (Å²) in [6.07, 6.45) is 6.13. The minimum absolute atomic E-state index is 0.568. The van der Waals surface area contributed by atoms with Gasteiger partial charge < -0.3 is 21.3 Å². The lowest BCUT2D eigenvalue weighted by molar-refractivity contribution is 0.226. The quantitative estimate of drug-likeness (QED) is 0.610. The van der Waals surface area contributed by atoms with Crippen LogP contribution >= 0.6 is 0 Å². The first-order valence-corrected chi connectivity index (χ1v) is 9.93. The van der Waals surface area contributed by atoms with Crippen LogP contribution in [0.15, 0.2) is 48.8 Å². The Morgan fingerprint density at radius 1 is 1.04 bits per heavy atom. The predicted molar refractivity (Wildman–Crippen MR) is 116 cm³/mol. The van der Waals surface area contributed by atoms with Crippen molar-refractivity contribution in [1.82, 2.24) is 14.9 Å². The molecule has 146 valence electrons. The van der Waals surface area contributed by atoms with Gasteiger partial charge >= 0.3 is 0 Å². The lowest BCUT2D eigenvalue weighted by Gasteiger charge is -2.29. The Morgan fingerprint density at radius 3 is 2.71 bits per heavy atom. The molecule has 3 aromatic rings. The van der Waals surface area contributed by atoms with Crippen LogP contribution in [0.5, 0.6) is 0 Å². The zero-order valence-corrected chi connectivity index (χ0v) is 16.4. The Morgan fingerprint density at radius 2 is 1.86 bits per heavy atom. The Labute approximate surface area is 166 Å². The van der Waals surface area contributed by atoms with E-state index in [1.54, 1.807) is 6.20 Å². The molecule has 4 N–H and O–H groups in total. The van der Waals surface area contributed by atoms with E-state index in [9.17, 15) is 0 Å². The molecular formula is C22H28N6. The number of nitrogens with two attached hydrogens (primary N) is 1. The second kappa shape index (κ2) is 8.44. The number of piperidine rings is 1. The number of hydrogen-bond acceptors (Lipinski definition) is 6. The molecule has 0 unspecified atom stereocenters. The summed E-state index contributed by atoms with van der Waals surface area (Å²) in [7, 11) is 2.20. The number of benzene rings is 1. The monoisotopic (exact) mass is 376 g/mol. The third-order valence-corrected chi connectivity index (χ3v) is 5.53. The van der Waals surface area contributed by atoms with E-state index in [1.165, 1.54) is 31.5 Å². The largest absolute Gasteiger partial charge is 0.383 e. The van der Waals surface area contributed by atoms with Gasteiger partial charge in [0.1, 0.15) is 11.6 Å². The number of anilines is 3. The minimum atomic E-state index is 0.568. The number of rotatable bonds is 6. The van der Waals surface area contributed by atoms with E-state index in [2.05, 4.69) is 50.7 Å². The van der Waals surface area contributed by atoms with Gasteiger partial charge in [0.2, 0.25) is 0 Å². The van der Waals surface area contributed by atoms with Gasteiger partial charge in [-0.3, -0.25) is 0 Å². The van der Waals surface area contributed by atoms with Crippen molar-refractivity contribution < 1.29 is 0 Å². The molecule has 1 aliphatic heterocycles. The predicted octanol–water partition coefficient (Wildman–Crippen LogP) is 3.58. The highest BCUT2D eigenvalue weighted by Crippen LogP contribution is 2.23. The molecule has 3 heterocycles. The molecule has 1 aliphatic rings. The molecule has 0 atom stereocenters. The Kier molecular flexibility index (Phi) is 5.58. The molecular weight excluding hydrogens is 348 g/mol. The van der Waals surface area contributed by atoms with Gasteiger partial charge in [-0.05, 0) is 86.2 Å². The SMILES string of the molecule is CN1CCC(CNc2cc(CNc3ccc4c(N)nccc4c3)ccn2)CC1. The summed E-state index contributed by atoms with van der Waals surface area (Å²) in [6, 6.07) is 12.3. The summed E-state index contributed by atoms with van der Waals surface area (Å²) >= 11 is 0. The van der Waals surface area contributed by atoms with E-state index in [0.717, 1.165) is 41.3 Å². The van der Waals surface area contributed by atoms with E-state index >= 15 is 0 Å². The fraction of sp³-hybridized carbons (Fsp3) is 0.364. The first-order valence-electron chi connectivity index (χ1n) is 9.93. The number of aromatic nitrogens is 2. The lowest BCUT2D eigenvalue weighted by atomic mass is 9.97. The molecule has 1 fully saturated rings. The fourth-order valence-corrected chi connectivity index (χ4v) is 3.71. The summed E-state index contributed by atoms with van der Waals surface area (Å²) in [5.41, 5.74) is 8.20. The Balaban J connectivity index is 1.34. The second-order valence-corrected chi connectivity index (χ2v) is 7.66. The third kappa shape index (κ3) is 4.51. The van der Waals surface area contributed by atoms with Crippen molar-refractivity contribution in [3.8, 4) is 0 Å². The van der Waals surface area contributed by atoms with Gasteiger partial charge in [-0.25, -0.2) is 9.97 Å². The zero-order valence-electron chi connectivity index (χ0n) is 16.4. The van der Waals surface area contributed by atoms with E-state index in [4.69, 9.17) is 5.73 Å². The number of nitrogen functional groups attached to an aromatic ring is 1. The van der Waals surface area contributed by atoms with Gasteiger partial charge in [0.15, 0.2) is 0 Å². The maximum absolute atomic E-state index is 5.93. The van der Waals surface area contributed by atoms with Gasteiger partial charge in [0.05, 0.1) is 0 Å². The molecule has 0 spiro atoms. The van der Waals surface area contributed by atoms with Crippen molar-refractivity contribution in [1.29, 1.82) is 0 Å². The van der Waals surface area contributed by atoms with Crippen molar-refractivity contribution in [2.45, 2.75) is 19.4 Å². The van der Waals surface area contributed by atoms with Crippen LogP contribution in [0.2, 0.25) is 0 Å². The molecule has 0 aliphatic carbocycles. The normalized spacial score (nSPS) is 15.6. The average molecular weight is 377 g/mol. The highest BCUT2D eigenvalue weighted by molar-refractivity contribution is 5.92. The number of nitrogens with zero attached hydrogens (tertiary/aromatic N) is 3. The first-order chi connectivity index (χ1) is 13.7. The van der Waals surface area contributed by atoms with Crippen LogP contribution in [-0.4, -0.2) is 41.5 Å². The van der Waals surface area contributed by atoms with Crippen LogP contribution in [0.25, 0.3) is 10.8 Å². The van der Waals surface area contributed by atoms with Crippen LogP contribution in [0, 0.1) is 5.92 Å². The molecule has 0 radical (unpaired) electrons. The summed E-state index contributed by atoms with van der Waals surface area (Å²) in [4.78, 5) is 11.0. The third-order valence-electron chi connectivity index (χ3n) is 5.53. The molecule has 1 aromatic carbocycles. The van der Waals surface area contributed by atoms with E-state index in [0.29, 0.717) is 5.82 Å². The van der Waals surface area contributed by atoms with Crippen molar-refractivity contribution in [2.24, 2.45) is 5.92 Å². The van der Waals surface area contributed by atoms with Crippen molar-refractivity contribution in [2.75, 3.05) is 43.0 Å². The van der Waals surface area contributed by atoms with E-state index in [1.807, 2.05) is 24.4 Å². The summed E-state index contributed by atoms with van der Waals surface area (Å²) < 4.78 is 0. The smallest absolute Gasteiger partial charge is 0.131 e. The lowest BCUT2D eigenvalue weighted by Crippen LogP contribution is -2.33. The molecule has 0 saturated carbocycles. The van der Waals surface area contributed by atoms with E-state index < -0.39 is 0 Å². The number of hydrogen-bond donors (Lipinski definition) is 3. The zero-order chi connectivity index (χ0) is 19.3. The van der Waals surface area contributed by atoms with Gasteiger partial charge in [-0.1, -0.05) is 0 Å². The fourth-order valence-electron chi connectivity index (χ4n) is 3.71. The van der Waals surface area contributed by atoms with Crippen molar-refractivity contribution >= 4 is 28.1 Å². The Hall–Kier alpha value is -2.86. The Bertz CT molecular complexity index is 933. The number of fused-ring (bicyclic) bond motifs is 1. The summed E-state index contributed by atoms with van der Waals surface area (Å²) in [5, 5.41) is 9.08. The maximum Gasteiger partial charge on any atom is 0.131 e. The average Bonchev–Trinajstić information content (AvgIpc) is 2.72. The first kappa shape index (κ1) is 18.5. The topological polar surface area (TPSA) is 79.1 Å². The van der Waals surface area contributed by atoms with Crippen LogP contribution in [0.4, 0.5) is 17.3 Å². The molecule has 0 bridgehead atoms.